The van der Waals surface area contributed by atoms with E-state index >= 15 is 0 Å². The number of hydrogen-bond acceptors (Lipinski definition) is 2. The third-order valence-corrected chi connectivity index (χ3v) is 4.36. The zero-order valence-corrected chi connectivity index (χ0v) is 12.5. The summed E-state index contributed by atoms with van der Waals surface area (Å²) < 4.78 is 0. The molecule has 0 radical (unpaired) electrons. The van der Waals surface area contributed by atoms with Gasteiger partial charge >= 0.3 is 0 Å². The first-order chi connectivity index (χ1) is 8.06. The molecule has 0 aromatic rings. The fourth-order valence-electron chi connectivity index (χ4n) is 3.20. The largest absolute Gasteiger partial charge is 0.310 e. The van der Waals surface area contributed by atoms with Gasteiger partial charge in [0, 0.05) is 18.6 Å². The number of nitrogens with one attached hydrogen (secondary N) is 1. The molecule has 102 valence electrons. The average Bonchev–Trinajstić information content (AvgIpc) is 2.29. The Bertz CT molecular complexity index is 201. The summed E-state index contributed by atoms with van der Waals surface area (Å²) in [4.78, 5) is 2.51. The Hall–Kier alpha value is -0.0800. The monoisotopic (exact) mass is 240 g/mol. The minimum Gasteiger partial charge on any atom is -0.310 e. The summed E-state index contributed by atoms with van der Waals surface area (Å²) in [5.41, 5.74) is 0. The Kier molecular flexibility index (Phi) is 6.50. The molecule has 0 bridgehead atoms. The van der Waals surface area contributed by atoms with Crippen LogP contribution < -0.4 is 5.32 Å². The number of hydrogen-bond donors (Lipinski definition) is 1. The predicted octanol–water partition coefficient (Wildman–Crippen LogP) is 3.13. The van der Waals surface area contributed by atoms with Gasteiger partial charge in [0.15, 0.2) is 0 Å². The van der Waals surface area contributed by atoms with E-state index in [9.17, 15) is 0 Å². The van der Waals surface area contributed by atoms with Crippen molar-refractivity contribution in [1.82, 2.24) is 10.2 Å². The minimum atomic E-state index is 0.621. The molecule has 1 saturated carbocycles. The molecule has 1 aliphatic rings. The van der Waals surface area contributed by atoms with Gasteiger partial charge in [-0.1, -0.05) is 27.7 Å². The first-order valence-electron chi connectivity index (χ1n) is 7.55. The third-order valence-electron chi connectivity index (χ3n) is 4.36. The minimum absolute atomic E-state index is 0.621. The van der Waals surface area contributed by atoms with Gasteiger partial charge < -0.3 is 10.2 Å². The molecule has 1 aliphatic carbocycles. The van der Waals surface area contributed by atoms with E-state index in [1.807, 2.05) is 0 Å². The molecule has 0 aromatic carbocycles. The molecule has 2 nitrogen and oxygen atoms in total. The molecule has 0 aromatic heterocycles. The maximum Gasteiger partial charge on any atom is 0.0169 e. The lowest BCUT2D eigenvalue weighted by Crippen LogP contribution is -2.47. The van der Waals surface area contributed by atoms with Gasteiger partial charge in [0.05, 0.1) is 0 Å². The summed E-state index contributed by atoms with van der Waals surface area (Å²) in [5, 5.41) is 3.85. The number of likely N-dealkylation sites (N-methyl/N-ethyl adjacent to an activating group) is 1. The highest BCUT2D eigenvalue weighted by Crippen LogP contribution is 2.28. The van der Waals surface area contributed by atoms with Crippen molar-refractivity contribution in [3.05, 3.63) is 0 Å². The molecule has 4 unspecified atom stereocenters. The van der Waals surface area contributed by atoms with Gasteiger partial charge in [-0.3, -0.25) is 0 Å². The van der Waals surface area contributed by atoms with Gasteiger partial charge in [0.25, 0.3) is 0 Å². The summed E-state index contributed by atoms with van der Waals surface area (Å²) in [6, 6.07) is 1.37. The van der Waals surface area contributed by atoms with Crippen molar-refractivity contribution in [2.45, 2.75) is 66.0 Å². The summed E-state index contributed by atoms with van der Waals surface area (Å²) in [5.74, 6) is 1.78. The summed E-state index contributed by atoms with van der Waals surface area (Å²) in [7, 11) is 0. The van der Waals surface area contributed by atoms with Crippen LogP contribution in [0, 0.1) is 11.8 Å². The summed E-state index contributed by atoms with van der Waals surface area (Å²) in [6.45, 7) is 15.2. The van der Waals surface area contributed by atoms with Gasteiger partial charge in [-0.05, 0) is 51.1 Å². The summed E-state index contributed by atoms with van der Waals surface area (Å²) in [6.07, 6.45) is 4.17. The van der Waals surface area contributed by atoms with Crippen LogP contribution in [0.15, 0.2) is 0 Å². The number of nitrogens with zero attached hydrogens (tertiary/aromatic N) is 1. The molecule has 1 rings (SSSR count). The van der Waals surface area contributed by atoms with Crippen LogP contribution in [0.2, 0.25) is 0 Å². The van der Waals surface area contributed by atoms with E-state index in [0.717, 1.165) is 17.9 Å². The zero-order chi connectivity index (χ0) is 12.8. The van der Waals surface area contributed by atoms with Crippen LogP contribution in [0.3, 0.4) is 0 Å². The van der Waals surface area contributed by atoms with Crippen molar-refractivity contribution < 1.29 is 0 Å². The molecule has 17 heavy (non-hydrogen) atoms. The molecule has 0 amide bonds. The van der Waals surface area contributed by atoms with Crippen molar-refractivity contribution >= 4 is 0 Å². The molecule has 4 atom stereocenters. The Balaban J connectivity index is 2.32. The second-order valence-electron chi connectivity index (χ2n) is 6.06. The van der Waals surface area contributed by atoms with Crippen LogP contribution >= 0.6 is 0 Å². The Morgan fingerprint density at radius 3 is 2.35 bits per heavy atom. The molecular formula is C15H32N2. The molecular weight excluding hydrogens is 208 g/mol. The number of rotatable bonds is 6. The maximum atomic E-state index is 3.85. The Morgan fingerprint density at radius 1 is 1.18 bits per heavy atom. The first-order valence-corrected chi connectivity index (χ1v) is 7.55. The van der Waals surface area contributed by atoms with Gasteiger partial charge in [-0.2, -0.15) is 0 Å². The standard InChI is InChI=1S/C15H32N2/c1-6-17(7-2)11-14(5)16-15-9-8-12(3)10-13(15)4/h12-16H,6-11H2,1-5H3. The zero-order valence-electron chi connectivity index (χ0n) is 12.5. The van der Waals surface area contributed by atoms with Gasteiger partial charge in [0.1, 0.15) is 0 Å². The van der Waals surface area contributed by atoms with E-state index in [4.69, 9.17) is 0 Å². The van der Waals surface area contributed by atoms with Gasteiger partial charge in [-0.25, -0.2) is 0 Å². The fraction of sp³-hybridized carbons (Fsp3) is 1.00. The van der Waals surface area contributed by atoms with Crippen LogP contribution in [-0.4, -0.2) is 36.6 Å². The highest BCUT2D eigenvalue weighted by Gasteiger charge is 2.26. The first kappa shape index (κ1) is 15.0. The highest BCUT2D eigenvalue weighted by molar-refractivity contribution is 4.83. The van der Waals surface area contributed by atoms with Crippen molar-refractivity contribution in [2.24, 2.45) is 11.8 Å². The van der Waals surface area contributed by atoms with Crippen molar-refractivity contribution in [1.29, 1.82) is 0 Å². The molecule has 0 saturated heterocycles. The lowest BCUT2D eigenvalue weighted by molar-refractivity contribution is 0.194. The van der Waals surface area contributed by atoms with E-state index in [2.05, 4.69) is 44.8 Å². The Morgan fingerprint density at radius 2 is 1.82 bits per heavy atom. The SMILES string of the molecule is CCN(CC)CC(C)NC1CCC(C)CC1C. The normalized spacial score (nSPS) is 31.8. The topological polar surface area (TPSA) is 15.3 Å². The van der Waals surface area contributed by atoms with Crippen molar-refractivity contribution in [3.63, 3.8) is 0 Å². The third kappa shape index (κ3) is 4.97. The Labute approximate surface area is 108 Å². The molecule has 2 heteroatoms. The van der Waals surface area contributed by atoms with Gasteiger partial charge in [0.2, 0.25) is 0 Å². The average molecular weight is 240 g/mol. The second kappa shape index (κ2) is 7.38. The van der Waals surface area contributed by atoms with Crippen molar-refractivity contribution in [3.8, 4) is 0 Å². The molecule has 1 fully saturated rings. The highest BCUT2D eigenvalue weighted by atomic mass is 15.1. The molecule has 0 aliphatic heterocycles. The second-order valence-corrected chi connectivity index (χ2v) is 6.06. The van der Waals surface area contributed by atoms with E-state index in [1.54, 1.807) is 0 Å². The molecule has 0 heterocycles. The smallest absolute Gasteiger partial charge is 0.0169 e. The lowest BCUT2D eigenvalue weighted by Gasteiger charge is -2.36. The van der Waals surface area contributed by atoms with E-state index in [0.29, 0.717) is 6.04 Å². The quantitative estimate of drug-likeness (QED) is 0.767. The van der Waals surface area contributed by atoms with Crippen molar-refractivity contribution in [2.75, 3.05) is 19.6 Å². The summed E-state index contributed by atoms with van der Waals surface area (Å²) >= 11 is 0. The maximum absolute atomic E-state index is 3.85. The van der Waals surface area contributed by atoms with E-state index in [-0.39, 0.29) is 0 Å². The molecule has 0 spiro atoms. The predicted molar refractivity (Wildman–Crippen MR) is 76.4 cm³/mol. The van der Waals surface area contributed by atoms with E-state index < -0.39 is 0 Å². The van der Waals surface area contributed by atoms with Crippen LogP contribution in [0.5, 0.6) is 0 Å². The fourth-order valence-corrected chi connectivity index (χ4v) is 3.20. The van der Waals surface area contributed by atoms with Gasteiger partial charge in [-0.15, -0.1) is 0 Å². The van der Waals surface area contributed by atoms with E-state index in [1.165, 1.54) is 38.9 Å². The molecule has 1 N–H and O–H groups in total. The van der Waals surface area contributed by atoms with Crippen LogP contribution in [0.25, 0.3) is 0 Å². The van der Waals surface area contributed by atoms with Crippen LogP contribution in [-0.2, 0) is 0 Å². The lowest BCUT2D eigenvalue weighted by atomic mass is 9.79. The van der Waals surface area contributed by atoms with Crippen LogP contribution in [0.1, 0.15) is 53.9 Å². The van der Waals surface area contributed by atoms with Crippen LogP contribution in [0.4, 0.5) is 0 Å².